The first-order valence-electron chi connectivity index (χ1n) is 6.06. The van der Waals surface area contributed by atoms with E-state index in [4.69, 9.17) is 11.6 Å². The van der Waals surface area contributed by atoms with Crippen LogP contribution in [0.3, 0.4) is 0 Å². The van der Waals surface area contributed by atoms with Crippen molar-refractivity contribution >= 4 is 28.9 Å². The maximum Gasteiger partial charge on any atom is 0.259 e. The van der Waals surface area contributed by atoms with Gasteiger partial charge in [-0.1, -0.05) is 11.6 Å². The Balaban J connectivity index is 2.21. The second-order valence-electron chi connectivity index (χ2n) is 4.03. The zero-order valence-corrected chi connectivity index (χ0v) is 11.5. The maximum atomic E-state index is 13.1. The fourth-order valence-corrected chi connectivity index (χ4v) is 1.87. The molecule has 1 aromatic carbocycles. The van der Waals surface area contributed by atoms with Crippen molar-refractivity contribution in [3.63, 3.8) is 0 Å². The number of carbonyl (C=O) groups is 1. The van der Waals surface area contributed by atoms with E-state index in [0.717, 1.165) is 0 Å². The molecule has 20 heavy (non-hydrogen) atoms. The number of anilines is 2. The van der Waals surface area contributed by atoms with Crippen LogP contribution in [0.2, 0.25) is 5.02 Å². The van der Waals surface area contributed by atoms with Gasteiger partial charge in [0.05, 0.1) is 16.3 Å². The Hall–Kier alpha value is -2.14. The monoisotopic (exact) mass is 293 g/mol. The van der Waals surface area contributed by atoms with E-state index in [1.165, 1.54) is 24.4 Å². The van der Waals surface area contributed by atoms with Gasteiger partial charge in [0.15, 0.2) is 0 Å². The molecule has 2 aromatic rings. The molecule has 2 rings (SSSR count). The number of aromatic nitrogens is 1. The SMILES string of the molecule is CCNc1ccncc1C(=O)Nc1ccc(F)c(Cl)c1. The Kier molecular flexibility index (Phi) is 4.53. The van der Waals surface area contributed by atoms with Gasteiger partial charge >= 0.3 is 0 Å². The summed E-state index contributed by atoms with van der Waals surface area (Å²) in [5.41, 5.74) is 1.52. The van der Waals surface area contributed by atoms with Crippen molar-refractivity contribution in [1.29, 1.82) is 0 Å². The van der Waals surface area contributed by atoms with Crippen LogP contribution in [0.5, 0.6) is 0 Å². The van der Waals surface area contributed by atoms with Crippen LogP contribution in [-0.2, 0) is 0 Å². The lowest BCUT2D eigenvalue weighted by atomic mass is 10.2. The number of hydrogen-bond acceptors (Lipinski definition) is 3. The molecule has 4 nitrogen and oxygen atoms in total. The fourth-order valence-electron chi connectivity index (χ4n) is 1.69. The number of benzene rings is 1. The summed E-state index contributed by atoms with van der Waals surface area (Å²) in [7, 11) is 0. The number of carbonyl (C=O) groups excluding carboxylic acids is 1. The second-order valence-corrected chi connectivity index (χ2v) is 4.44. The Morgan fingerprint density at radius 1 is 1.40 bits per heavy atom. The fraction of sp³-hybridized carbons (Fsp3) is 0.143. The molecule has 0 atom stereocenters. The van der Waals surface area contributed by atoms with Gasteiger partial charge in [-0.15, -0.1) is 0 Å². The van der Waals surface area contributed by atoms with Gasteiger partial charge in [-0.05, 0) is 31.2 Å². The number of halogens is 2. The predicted molar refractivity (Wildman–Crippen MR) is 77.8 cm³/mol. The second kappa shape index (κ2) is 6.34. The summed E-state index contributed by atoms with van der Waals surface area (Å²) in [6, 6.07) is 5.73. The third-order valence-electron chi connectivity index (χ3n) is 2.61. The van der Waals surface area contributed by atoms with Gasteiger partial charge in [0.1, 0.15) is 5.82 Å². The summed E-state index contributed by atoms with van der Waals surface area (Å²) < 4.78 is 13.1. The average Bonchev–Trinajstić information content (AvgIpc) is 2.44. The van der Waals surface area contributed by atoms with Crippen LogP contribution in [0, 0.1) is 5.82 Å². The zero-order valence-electron chi connectivity index (χ0n) is 10.8. The van der Waals surface area contributed by atoms with Gasteiger partial charge in [0.25, 0.3) is 5.91 Å². The lowest BCUT2D eigenvalue weighted by Crippen LogP contribution is -2.15. The average molecular weight is 294 g/mol. The van der Waals surface area contributed by atoms with E-state index in [0.29, 0.717) is 23.5 Å². The highest BCUT2D eigenvalue weighted by atomic mass is 35.5. The van der Waals surface area contributed by atoms with Crippen molar-refractivity contribution in [2.75, 3.05) is 17.2 Å². The molecule has 0 aliphatic rings. The van der Waals surface area contributed by atoms with Crippen LogP contribution in [0.25, 0.3) is 0 Å². The third-order valence-corrected chi connectivity index (χ3v) is 2.90. The topological polar surface area (TPSA) is 54.0 Å². The summed E-state index contributed by atoms with van der Waals surface area (Å²) >= 11 is 5.67. The summed E-state index contributed by atoms with van der Waals surface area (Å²) in [6.07, 6.45) is 3.07. The Morgan fingerprint density at radius 2 is 2.20 bits per heavy atom. The molecule has 2 N–H and O–H groups in total. The van der Waals surface area contributed by atoms with E-state index >= 15 is 0 Å². The minimum atomic E-state index is -0.528. The third kappa shape index (κ3) is 3.24. The summed E-state index contributed by atoms with van der Waals surface area (Å²) in [4.78, 5) is 16.1. The van der Waals surface area contributed by atoms with Crippen LogP contribution in [0.1, 0.15) is 17.3 Å². The molecule has 1 amide bonds. The molecular weight excluding hydrogens is 281 g/mol. The van der Waals surface area contributed by atoms with E-state index in [1.54, 1.807) is 12.3 Å². The van der Waals surface area contributed by atoms with Gasteiger partial charge < -0.3 is 10.6 Å². The van der Waals surface area contributed by atoms with Gasteiger partial charge in [-0.3, -0.25) is 9.78 Å². The highest BCUT2D eigenvalue weighted by Gasteiger charge is 2.12. The molecule has 0 aliphatic carbocycles. The quantitative estimate of drug-likeness (QED) is 0.906. The molecule has 1 heterocycles. The van der Waals surface area contributed by atoms with E-state index in [-0.39, 0.29) is 10.9 Å². The Morgan fingerprint density at radius 3 is 2.90 bits per heavy atom. The molecule has 0 radical (unpaired) electrons. The largest absolute Gasteiger partial charge is 0.385 e. The molecule has 0 saturated carbocycles. The molecule has 0 saturated heterocycles. The summed E-state index contributed by atoms with van der Waals surface area (Å²) in [5, 5.41) is 5.69. The first kappa shape index (κ1) is 14.3. The number of amides is 1. The molecule has 1 aromatic heterocycles. The van der Waals surface area contributed by atoms with Crippen molar-refractivity contribution in [3.05, 3.63) is 53.1 Å². The maximum absolute atomic E-state index is 13.1. The molecule has 0 aliphatic heterocycles. The predicted octanol–water partition coefficient (Wildman–Crippen LogP) is 3.56. The molecule has 104 valence electrons. The highest BCUT2D eigenvalue weighted by Crippen LogP contribution is 2.21. The van der Waals surface area contributed by atoms with Gasteiger partial charge in [0, 0.05) is 24.6 Å². The van der Waals surface area contributed by atoms with Crippen LogP contribution < -0.4 is 10.6 Å². The molecule has 0 fully saturated rings. The number of nitrogens with zero attached hydrogens (tertiary/aromatic N) is 1. The van der Waals surface area contributed by atoms with Crippen molar-refractivity contribution in [2.24, 2.45) is 0 Å². The van der Waals surface area contributed by atoms with Crippen LogP contribution in [-0.4, -0.2) is 17.4 Å². The first-order valence-corrected chi connectivity index (χ1v) is 6.44. The lowest BCUT2D eigenvalue weighted by molar-refractivity contribution is 0.102. The van der Waals surface area contributed by atoms with Crippen molar-refractivity contribution in [3.8, 4) is 0 Å². The van der Waals surface area contributed by atoms with Crippen LogP contribution in [0.15, 0.2) is 36.7 Å². The van der Waals surface area contributed by atoms with Gasteiger partial charge in [-0.25, -0.2) is 4.39 Å². The van der Waals surface area contributed by atoms with E-state index in [2.05, 4.69) is 15.6 Å². The molecule has 0 bridgehead atoms. The van der Waals surface area contributed by atoms with Crippen molar-refractivity contribution in [2.45, 2.75) is 6.92 Å². The number of pyridine rings is 1. The smallest absolute Gasteiger partial charge is 0.259 e. The van der Waals surface area contributed by atoms with E-state index in [9.17, 15) is 9.18 Å². The molecule has 6 heteroatoms. The number of nitrogens with one attached hydrogen (secondary N) is 2. The Labute approximate surface area is 121 Å². The molecule has 0 spiro atoms. The highest BCUT2D eigenvalue weighted by molar-refractivity contribution is 6.31. The Bertz CT molecular complexity index is 634. The van der Waals surface area contributed by atoms with Crippen LogP contribution >= 0.6 is 11.6 Å². The van der Waals surface area contributed by atoms with Gasteiger partial charge in [-0.2, -0.15) is 0 Å². The zero-order chi connectivity index (χ0) is 14.5. The first-order chi connectivity index (χ1) is 9.61. The van der Waals surface area contributed by atoms with E-state index < -0.39 is 5.82 Å². The minimum absolute atomic E-state index is 0.0408. The normalized spacial score (nSPS) is 10.2. The standard InChI is InChI=1S/C14H13ClFN3O/c1-2-18-13-5-6-17-8-10(13)14(20)19-9-3-4-12(16)11(15)7-9/h3-8H,2H2,1H3,(H,17,18)(H,19,20). The summed E-state index contributed by atoms with van der Waals surface area (Å²) in [5.74, 6) is -0.865. The van der Waals surface area contributed by atoms with Crippen LogP contribution in [0.4, 0.5) is 15.8 Å². The van der Waals surface area contributed by atoms with Crippen molar-refractivity contribution in [1.82, 2.24) is 4.98 Å². The van der Waals surface area contributed by atoms with Gasteiger partial charge in [0.2, 0.25) is 0 Å². The number of rotatable bonds is 4. The molecular formula is C14H13ClFN3O. The van der Waals surface area contributed by atoms with E-state index in [1.807, 2.05) is 6.92 Å². The van der Waals surface area contributed by atoms with Crippen molar-refractivity contribution < 1.29 is 9.18 Å². The number of hydrogen-bond donors (Lipinski definition) is 2. The summed E-state index contributed by atoms with van der Waals surface area (Å²) in [6.45, 7) is 2.62. The molecule has 0 unspecified atom stereocenters. The lowest BCUT2D eigenvalue weighted by Gasteiger charge is -2.10. The minimum Gasteiger partial charge on any atom is -0.385 e.